The normalized spacial score (nSPS) is 11.6. The SMILES string of the molecule is O=C(O)C[C@@H](NC(=O)OCc1ccccc1)c1cc(Br)cnc1F. The molecule has 0 aliphatic rings. The second-order valence-electron chi connectivity index (χ2n) is 4.89. The van der Waals surface area contributed by atoms with Crippen molar-refractivity contribution in [3.8, 4) is 0 Å². The van der Waals surface area contributed by atoms with Crippen molar-refractivity contribution in [2.24, 2.45) is 0 Å². The van der Waals surface area contributed by atoms with Crippen molar-refractivity contribution in [1.82, 2.24) is 10.3 Å². The summed E-state index contributed by atoms with van der Waals surface area (Å²) in [4.78, 5) is 26.4. The number of carboxylic acid groups (broad SMARTS) is 1. The fourth-order valence-corrected chi connectivity index (χ4v) is 2.35. The highest BCUT2D eigenvalue weighted by Crippen LogP contribution is 2.23. The van der Waals surface area contributed by atoms with Gasteiger partial charge in [0.2, 0.25) is 5.95 Å². The Morgan fingerprint density at radius 3 is 2.71 bits per heavy atom. The molecule has 1 heterocycles. The van der Waals surface area contributed by atoms with Crippen LogP contribution in [0, 0.1) is 5.95 Å². The molecule has 0 aliphatic heterocycles. The van der Waals surface area contributed by atoms with Gasteiger partial charge in [0.25, 0.3) is 0 Å². The lowest BCUT2D eigenvalue weighted by molar-refractivity contribution is -0.137. The smallest absolute Gasteiger partial charge is 0.407 e. The van der Waals surface area contributed by atoms with E-state index >= 15 is 0 Å². The number of nitrogens with zero attached hydrogens (tertiary/aromatic N) is 1. The van der Waals surface area contributed by atoms with Gasteiger partial charge >= 0.3 is 12.1 Å². The number of rotatable bonds is 6. The lowest BCUT2D eigenvalue weighted by Crippen LogP contribution is -2.31. The van der Waals surface area contributed by atoms with Gasteiger partial charge in [-0.3, -0.25) is 4.79 Å². The van der Waals surface area contributed by atoms with Crippen molar-refractivity contribution in [3.05, 3.63) is 64.1 Å². The standard InChI is InChI=1S/C16H14BrFN2O4/c17-11-6-12(15(18)19-8-11)13(7-14(21)22)20-16(23)24-9-10-4-2-1-3-5-10/h1-6,8,13H,7,9H2,(H,20,23)(H,21,22)/t13-/m1/s1. The summed E-state index contributed by atoms with van der Waals surface area (Å²) in [6, 6.07) is 9.25. The molecule has 0 saturated carbocycles. The fraction of sp³-hybridized carbons (Fsp3) is 0.188. The van der Waals surface area contributed by atoms with Crippen LogP contribution in [0.2, 0.25) is 0 Å². The molecular formula is C16H14BrFN2O4. The van der Waals surface area contributed by atoms with Gasteiger partial charge in [-0.15, -0.1) is 0 Å². The molecule has 1 atom stereocenters. The second-order valence-corrected chi connectivity index (χ2v) is 5.81. The van der Waals surface area contributed by atoms with Crippen molar-refractivity contribution < 1.29 is 23.8 Å². The molecular weight excluding hydrogens is 383 g/mol. The number of aromatic nitrogens is 1. The highest BCUT2D eigenvalue weighted by Gasteiger charge is 2.23. The zero-order valence-corrected chi connectivity index (χ0v) is 14.0. The van der Waals surface area contributed by atoms with E-state index in [0.717, 1.165) is 5.56 Å². The van der Waals surface area contributed by atoms with Crippen LogP contribution in [-0.4, -0.2) is 22.2 Å². The summed E-state index contributed by atoms with van der Waals surface area (Å²) < 4.78 is 19.4. The zero-order valence-electron chi connectivity index (χ0n) is 12.4. The third kappa shape index (κ3) is 5.31. The Kier molecular flexibility index (Phi) is 6.25. The maximum absolute atomic E-state index is 13.9. The summed E-state index contributed by atoms with van der Waals surface area (Å²) in [5.74, 6) is -2.05. The van der Waals surface area contributed by atoms with Crippen LogP contribution in [0.3, 0.4) is 0 Å². The maximum Gasteiger partial charge on any atom is 0.407 e. The Hall–Kier alpha value is -2.48. The summed E-state index contributed by atoms with van der Waals surface area (Å²) in [5, 5.41) is 11.3. The molecule has 24 heavy (non-hydrogen) atoms. The van der Waals surface area contributed by atoms with Crippen LogP contribution in [0.1, 0.15) is 23.6 Å². The number of carbonyl (C=O) groups is 2. The second kappa shape index (κ2) is 8.39. The number of benzene rings is 1. The minimum Gasteiger partial charge on any atom is -0.481 e. The van der Waals surface area contributed by atoms with Gasteiger partial charge in [0, 0.05) is 16.2 Å². The van der Waals surface area contributed by atoms with Crippen LogP contribution in [0.25, 0.3) is 0 Å². The number of nitrogens with one attached hydrogen (secondary N) is 1. The van der Waals surface area contributed by atoms with Crippen molar-refractivity contribution in [1.29, 1.82) is 0 Å². The summed E-state index contributed by atoms with van der Waals surface area (Å²) in [7, 11) is 0. The van der Waals surface area contributed by atoms with E-state index in [-0.39, 0.29) is 12.2 Å². The van der Waals surface area contributed by atoms with Gasteiger partial charge in [0.1, 0.15) is 6.61 Å². The van der Waals surface area contributed by atoms with Crippen LogP contribution >= 0.6 is 15.9 Å². The largest absolute Gasteiger partial charge is 0.481 e. The molecule has 1 aromatic heterocycles. The zero-order chi connectivity index (χ0) is 17.5. The maximum atomic E-state index is 13.9. The number of hydrogen-bond donors (Lipinski definition) is 2. The Bertz CT molecular complexity index is 727. The lowest BCUT2D eigenvalue weighted by atomic mass is 10.1. The van der Waals surface area contributed by atoms with Crippen molar-refractivity contribution in [3.63, 3.8) is 0 Å². The molecule has 1 amide bonds. The van der Waals surface area contributed by atoms with Gasteiger partial charge in [-0.2, -0.15) is 4.39 Å². The Labute approximate surface area is 145 Å². The van der Waals surface area contributed by atoms with Gasteiger partial charge < -0.3 is 15.2 Å². The van der Waals surface area contributed by atoms with Crippen LogP contribution in [-0.2, 0) is 16.1 Å². The molecule has 0 saturated heterocycles. The predicted molar refractivity (Wildman–Crippen MR) is 86.7 cm³/mol. The highest BCUT2D eigenvalue weighted by molar-refractivity contribution is 9.10. The van der Waals surface area contributed by atoms with E-state index < -0.39 is 30.5 Å². The van der Waals surface area contributed by atoms with Gasteiger partial charge in [-0.05, 0) is 27.6 Å². The number of halogens is 2. The third-order valence-electron chi connectivity index (χ3n) is 3.09. The van der Waals surface area contributed by atoms with Crippen molar-refractivity contribution >= 4 is 28.0 Å². The summed E-state index contributed by atoms with van der Waals surface area (Å²) in [6.45, 7) is 0.0195. The first-order valence-corrected chi connectivity index (χ1v) is 7.75. The average molecular weight is 397 g/mol. The van der Waals surface area contributed by atoms with Crippen LogP contribution in [0.4, 0.5) is 9.18 Å². The third-order valence-corrected chi connectivity index (χ3v) is 3.53. The highest BCUT2D eigenvalue weighted by atomic mass is 79.9. The molecule has 0 spiro atoms. The number of pyridine rings is 1. The van der Waals surface area contributed by atoms with E-state index in [0.29, 0.717) is 4.47 Å². The number of carbonyl (C=O) groups excluding carboxylic acids is 1. The van der Waals surface area contributed by atoms with Crippen molar-refractivity contribution in [2.75, 3.05) is 0 Å². The monoisotopic (exact) mass is 396 g/mol. The molecule has 0 radical (unpaired) electrons. The molecule has 2 aromatic rings. The Morgan fingerprint density at radius 2 is 2.04 bits per heavy atom. The van der Waals surface area contributed by atoms with Gasteiger partial charge in [-0.25, -0.2) is 9.78 Å². The lowest BCUT2D eigenvalue weighted by Gasteiger charge is -2.17. The first-order chi connectivity index (χ1) is 11.5. The predicted octanol–water partition coefficient (Wildman–Crippen LogP) is 3.43. The molecule has 126 valence electrons. The topological polar surface area (TPSA) is 88.5 Å². The minimum atomic E-state index is -1.19. The number of hydrogen-bond acceptors (Lipinski definition) is 4. The minimum absolute atomic E-state index is 0.0195. The van der Waals surface area contributed by atoms with Crippen LogP contribution in [0.15, 0.2) is 47.1 Å². The number of alkyl carbamates (subject to hydrolysis) is 1. The van der Waals surface area contributed by atoms with Gasteiger partial charge in [0.15, 0.2) is 0 Å². The van der Waals surface area contributed by atoms with Crippen LogP contribution < -0.4 is 5.32 Å². The number of amides is 1. The molecule has 2 N–H and O–H groups in total. The van der Waals surface area contributed by atoms with E-state index in [1.165, 1.54) is 12.3 Å². The van der Waals surface area contributed by atoms with Crippen LogP contribution in [0.5, 0.6) is 0 Å². The number of carboxylic acids is 1. The molecule has 2 rings (SSSR count). The number of aliphatic carboxylic acids is 1. The summed E-state index contributed by atoms with van der Waals surface area (Å²) in [6.07, 6.45) is -0.107. The molecule has 0 bridgehead atoms. The Morgan fingerprint density at radius 1 is 1.33 bits per heavy atom. The van der Waals surface area contributed by atoms with E-state index in [1.54, 1.807) is 24.3 Å². The number of ether oxygens (including phenoxy) is 1. The summed E-state index contributed by atoms with van der Waals surface area (Å²) in [5.41, 5.74) is 0.737. The molecule has 8 heteroatoms. The van der Waals surface area contributed by atoms with Gasteiger partial charge in [0.05, 0.1) is 12.5 Å². The molecule has 1 aromatic carbocycles. The van der Waals surface area contributed by atoms with Crippen molar-refractivity contribution in [2.45, 2.75) is 19.1 Å². The molecule has 0 fully saturated rings. The molecule has 6 nitrogen and oxygen atoms in total. The quantitative estimate of drug-likeness (QED) is 0.730. The van der Waals surface area contributed by atoms with E-state index in [4.69, 9.17) is 9.84 Å². The summed E-state index contributed by atoms with van der Waals surface area (Å²) >= 11 is 3.14. The van der Waals surface area contributed by atoms with E-state index in [2.05, 4.69) is 26.2 Å². The Balaban J connectivity index is 2.06. The van der Waals surface area contributed by atoms with Gasteiger partial charge in [-0.1, -0.05) is 30.3 Å². The molecule has 0 aliphatic carbocycles. The molecule has 0 unspecified atom stereocenters. The van der Waals surface area contributed by atoms with E-state index in [1.807, 2.05) is 6.07 Å². The average Bonchev–Trinajstić information content (AvgIpc) is 2.55. The fourth-order valence-electron chi connectivity index (χ4n) is 2.00. The first-order valence-electron chi connectivity index (χ1n) is 6.95. The van der Waals surface area contributed by atoms with E-state index in [9.17, 15) is 14.0 Å². The first kappa shape index (κ1) is 17.9.